The van der Waals surface area contributed by atoms with E-state index in [1.54, 1.807) is 12.3 Å². The zero-order chi connectivity index (χ0) is 18.7. The monoisotopic (exact) mass is 388 g/mol. The van der Waals surface area contributed by atoms with Crippen LogP contribution in [0, 0.1) is 10.1 Å². The number of amides is 1. The summed E-state index contributed by atoms with van der Waals surface area (Å²) >= 11 is 7.30. The van der Waals surface area contributed by atoms with E-state index in [0.717, 1.165) is 16.5 Å². The van der Waals surface area contributed by atoms with Crippen LogP contribution in [0.4, 0.5) is 16.5 Å². The van der Waals surface area contributed by atoms with E-state index in [9.17, 15) is 14.9 Å². The lowest BCUT2D eigenvalue weighted by Crippen LogP contribution is -2.12. The van der Waals surface area contributed by atoms with Gasteiger partial charge in [-0.25, -0.2) is 4.98 Å². The number of halogens is 1. The lowest BCUT2D eigenvalue weighted by Gasteiger charge is -2.03. The van der Waals surface area contributed by atoms with E-state index in [1.165, 1.54) is 23.5 Å². The molecule has 26 heavy (non-hydrogen) atoms. The molecular formula is C17H13ClN4O3S. The summed E-state index contributed by atoms with van der Waals surface area (Å²) in [5.74, 6) is -0.489. The smallest absolute Gasteiger partial charge is 0.292 e. The highest BCUT2D eigenvalue weighted by molar-refractivity contribution is 7.15. The van der Waals surface area contributed by atoms with Crippen molar-refractivity contribution in [1.29, 1.82) is 0 Å². The molecule has 0 aliphatic heterocycles. The van der Waals surface area contributed by atoms with Crippen LogP contribution in [0.5, 0.6) is 0 Å². The first-order valence-corrected chi connectivity index (χ1v) is 8.66. The van der Waals surface area contributed by atoms with Crippen molar-refractivity contribution >= 4 is 45.4 Å². The van der Waals surface area contributed by atoms with Crippen LogP contribution in [0.2, 0.25) is 5.02 Å². The number of anilines is 2. The van der Waals surface area contributed by atoms with Gasteiger partial charge in [0.15, 0.2) is 5.13 Å². The summed E-state index contributed by atoms with van der Waals surface area (Å²) < 4.78 is 0. The van der Waals surface area contributed by atoms with Crippen LogP contribution in [-0.4, -0.2) is 15.8 Å². The minimum atomic E-state index is -0.626. The Labute approximate surface area is 157 Å². The number of nitro benzene ring substituents is 1. The van der Waals surface area contributed by atoms with E-state index in [-0.39, 0.29) is 16.9 Å². The molecule has 0 aliphatic carbocycles. The lowest BCUT2D eigenvalue weighted by atomic mass is 10.1. The van der Waals surface area contributed by atoms with Crippen LogP contribution < -0.4 is 11.1 Å². The van der Waals surface area contributed by atoms with Crippen LogP contribution in [0.15, 0.2) is 48.7 Å². The number of hydrogen-bond donors (Lipinski definition) is 2. The minimum Gasteiger partial charge on any atom is -0.393 e. The standard InChI is InChI=1S/C17H13ClN4O3S/c18-12-3-1-2-10(6-12)7-13-9-20-17(26-13)21-16(23)11-4-5-14(19)15(8-11)22(24)25/h1-6,8-9H,7,19H2,(H,20,21,23). The number of carbonyl (C=O) groups is 1. The van der Waals surface area contributed by atoms with Gasteiger partial charge in [-0.15, -0.1) is 11.3 Å². The molecule has 2 aromatic carbocycles. The highest BCUT2D eigenvalue weighted by Crippen LogP contribution is 2.25. The van der Waals surface area contributed by atoms with Crippen LogP contribution in [0.1, 0.15) is 20.8 Å². The Morgan fingerprint density at radius 2 is 2.12 bits per heavy atom. The van der Waals surface area contributed by atoms with Gasteiger partial charge in [0, 0.05) is 34.1 Å². The number of benzene rings is 2. The number of hydrogen-bond acceptors (Lipinski definition) is 6. The van der Waals surface area contributed by atoms with Crippen molar-refractivity contribution in [3.05, 3.63) is 79.8 Å². The Hall–Kier alpha value is -2.97. The molecule has 7 nitrogen and oxygen atoms in total. The normalized spacial score (nSPS) is 10.5. The highest BCUT2D eigenvalue weighted by atomic mass is 35.5. The maximum Gasteiger partial charge on any atom is 0.292 e. The van der Waals surface area contributed by atoms with Gasteiger partial charge in [0.05, 0.1) is 4.92 Å². The number of nitrogens with zero attached hydrogens (tertiary/aromatic N) is 2. The highest BCUT2D eigenvalue weighted by Gasteiger charge is 2.16. The maximum atomic E-state index is 12.3. The summed E-state index contributed by atoms with van der Waals surface area (Å²) in [6, 6.07) is 11.4. The van der Waals surface area contributed by atoms with E-state index < -0.39 is 10.8 Å². The predicted octanol–water partition coefficient (Wildman–Crippen LogP) is 4.13. The van der Waals surface area contributed by atoms with Crippen molar-refractivity contribution in [2.45, 2.75) is 6.42 Å². The van der Waals surface area contributed by atoms with E-state index in [2.05, 4.69) is 10.3 Å². The van der Waals surface area contributed by atoms with E-state index >= 15 is 0 Å². The largest absolute Gasteiger partial charge is 0.393 e. The molecule has 0 unspecified atom stereocenters. The molecule has 0 bridgehead atoms. The third-order valence-electron chi connectivity index (χ3n) is 3.53. The number of rotatable bonds is 5. The minimum absolute atomic E-state index is 0.00427. The molecule has 3 rings (SSSR count). The molecule has 3 N–H and O–H groups in total. The molecule has 1 amide bonds. The second-order valence-electron chi connectivity index (χ2n) is 5.42. The molecule has 1 heterocycles. The molecule has 0 spiro atoms. The SMILES string of the molecule is Nc1ccc(C(=O)Nc2ncc(Cc3cccc(Cl)c3)s2)cc1[N+](=O)[O-]. The van der Waals surface area contributed by atoms with Crippen LogP contribution in [0.3, 0.4) is 0 Å². The van der Waals surface area contributed by atoms with Crippen LogP contribution in [0.25, 0.3) is 0 Å². The Morgan fingerprint density at radius 3 is 2.85 bits per heavy atom. The number of nitrogens with one attached hydrogen (secondary N) is 1. The molecule has 1 aromatic heterocycles. The van der Waals surface area contributed by atoms with Gasteiger partial charge < -0.3 is 5.73 Å². The molecule has 0 radical (unpaired) electrons. The zero-order valence-corrected chi connectivity index (χ0v) is 14.9. The Kier molecular flexibility index (Phi) is 5.15. The molecular weight excluding hydrogens is 376 g/mol. The van der Waals surface area contributed by atoms with Gasteiger partial charge in [-0.2, -0.15) is 0 Å². The molecule has 0 saturated heterocycles. The second kappa shape index (κ2) is 7.51. The van der Waals surface area contributed by atoms with Crippen molar-refractivity contribution in [3.63, 3.8) is 0 Å². The summed E-state index contributed by atoms with van der Waals surface area (Å²) in [5.41, 5.74) is 6.41. The molecule has 9 heteroatoms. The first kappa shape index (κ1) is 17.8. The number of nitro groups is 1. The van der Waals surface area contributed by atoms with Gasteiger partial charge in [-0.3, -0.25) is 20.2 Å². The van der Waals surface area contributed by atoms with Gasteiger partial charge in [0.2, 0.25) is 0 Å². The van der Waals surface area contributed by atoms with Crippen molar-refractivity contribution in [2.24, 2.45) is 0 Å². The average molecular weight is 389 g/mol. The van der Waals surface area contributed by atoms with Crippen molar-refractivity contribution in [2.75, 3.05) is 11.1 Å². The maximum absolute atomic E-state index is 12.3. The summed E-state index contributed by atoms with van der Waals surface area (Å²) in [6.07, 6.45) is 2.31. The fourth-order valence-corrected chi connectivity index (χ4v) is 3.36. The third kappa shape index (κ3) is 4.16. The van der Waals surface area contributed by atoms with Crippen LogP contribution >= 0.6 is 22.9 Å². The molecule has 0 atom stereocenters. The van der Waals surface area contributed by atoms with Gasteiger partial charge >= 0.3 is 0 Å². The Balaban J connectivity index is 1.72. The number of aromatic nitrogens is 1. The quantitative estimate of drug-likeness (QED) is 0.387. The average Bonchev–Trinajstić information content (AvgIpc) is 3.01. The van der Waals surface area contributed by atoms with E-state index in [1.807, 2.05) is 18.2 Å². The predicted molar refractivity (Wildman–Crippen MR) is 102 cm³/mol. The van der Waals surface area contributed by atoms with Gasteiger partial charge in [-0.05, 0) is 29.8 Å². The summed E-state index contributed by atoms with van der Waals surface area (Å²) in [5, 5.41) is 14.6. The van der Waals surface area contributed by atoms with Gasteiger partial charge in [0.25, 0.3) is 11.6 Å². The van der Waals surface area contributed by atoms with Crippen molar-refractivity contribution in [1.82, 2.24) is 4.98 Å². The third-order valence-corrected chi connectivity index (χ3v) is 4.68. The number of thiazole rings is 1. The molecule has 3 aromatic rings. The topological polar surface area (TPSA) is 111 Å². The Morgan fingerprint density at radius 1 is 1.31 bits per heavy atom. The summed E-state index contributed by atoms with van der Waals surface area (Å²) in [7, 11) is 0. The number of nitrogens with two attached hydrogens (primary N) is 1. The van der Waals surface area contributed by atoms with Gasteiger partial charge in [0.1, 0.15) is 5.69 Å². The molecule has 0 aliphatic rings. The zero-order valence-electron chi connectivity index (χ0n) is 13.3. The van der Waals surface area contributed by atoms with E-state index in [0.29, 0.717) is 16.6 Å². The number of nitrogen functional groups attached to an aromatic ring is 1. The fraction of sp³-hybridized carbons (Fsp3) is 0.0588. The van der Waals surface area contributed by atoms with Crippen molar-refractivity contribution in [3.8, 4) is 0 Å². The first-order chi connectivity index (χ1) is 12.4. The molecule has 0 fully saturated rings. The number of carbonyl (C=O) groups excluding carboxylic acids is 1. The molecule has 132 valence electrons. The fourth-order valence-electron chi connectivity index (χ4n) is 2.31. The van der Waals surface area contributed by atoms with E-state index in [4.69, 9.17) is 17.3 Å². The van der Waals surface area contributed by atoms with Crippen LogP contribution in [-0.2, 0) is 6.42 Å². The molecule has 0 saturated carbocycles. The summed E-state index contributed by atoms with van der Waals surface area (Å²) in [4.78, 5) is 27.7. The second-order valence-corrected chi connectivity index (χ2v) is 6.97. The Bertz CT molecular complexity index is 990. The van der Waals surface area contributed by atoms with Crippen molar-refractivity contribution < 1.29 is 9.72 Å². The lowest BCUT2D eigenvalue weighted by molar-refractivity contribution is -0.383. The first-order valence-electron chi connectivity index (χ1n) is 7.47. The van der Waals surface area contributed by atoms with Gasteiger partial charge in [-0.1, -0.05) is 23.7 Å². The summed E-state index contributed by atoms with van der Waals surface area (Å²) in [6.45, 7) is 0.